The third kappa shape index (κ3) is 10.9. The average Bonchev–Trinajstić information content (AvgIpc) is 3.65. The first kappa shape index (κ1) is 38.5. The van der Waals surface area contributed by atoms with Crippen LogP contribution >= 0.6 is 7.60 Å². The van der Waals surface area contributed by atoms with Gasteiger partial charge >= 0.3 is 19.7 Å². The Kier molecular flexibility index (Phi) is 13.1. The molecule has 2 aliphatic rings. The summed E-state index contributed by atoms with van der Waals surface area (Å²) in [6.45, 7) is 5.03. The summed E-state index contributed by atoms with van der Waals surface area (Å²) in [5.74, 6) is -1.62. The molecule has 1 amide bonds. The minimum Gasteiger partial charge on any atom is -0.508 e. The van der Waals surface area contributed by atoms with Gasteiger partial charge in [-0.25, -0.2) is 18.0 Å². The molecule has 7 atom stereocenters. The van der Waals surface area contributed by atoms with Gasteiger partial charge in [0.15, 0.2) is 18.7 Å². The highest BCUT2D eigenvalue weighted by Gasteiger charge is 2.44. The van der Waals surface area contributed by atoms with Crippen molar-refractivity contribution >= 4 is 29.7 Å². The quantitative estimate of drug-likeness (QED) is 0.148. The third-order valence-electron chi connectivity index (χ3n) is 7.89. The topological polar surface area (TPSA) is 228 Å². The highest BCUT2D eigenvalue weighted by molar-refractivity contribution is 7.89. The van der Waals surface area contributed by atoms with E-state index in [1.54, 1.807) is 12.1 Å². The number of fused-ring (bicyclic) bond motifs is 1. The fourth-order valence-electron chi connectivity index (χ4n) is 5.39. The normalized spacial score (nSPS) is 22.2. The van der Waals surface area contributed by atoms with E-state index in [2.05, 4.69) is 9.84 Å². The number of phenols is 1. The lowest BCUT2D eigenvalue weighted by atomic mass is 10.0. The number of phenolic OH excluding ortho intramolecular Hbond substituents is 1. The first-order valence-corrected chi connectivity index (χ1v) is 18.9. The van der Waals surface area contributed by atoms with E-state index in [0.717, 1.165) is 11.2 Å². The second-order valence-electron chi connectivity index (χ2n) is 12.3. The summed E-state index contributed by atoms with van der Waals surface area (Å²) in [5.41, 5.74) is 0.574. The largest absolute Gasteiger partial charge is 0.508 e. The highest BCUT2D eigenvalue weighted by Crippen LogP contribution is 2.43. The van der Waals surface area contributed by atoms with Crippen LogP contribution in [-0.4, -0.2) is 108 Å². The van der Waals surface area contributed by atoms with E-state index in [1.807, 2.05) is 13.8 Å². The van der Waals surface area contributed by atoms with Gasteiger partial charge in [-0.05, 0) is 67.6 Å². The van der Waals surface area contributed by atoms with E-state index < -0.39 is 66.7 Å². The van der Waals surface area contributed by atoms with Crippen molar-refractivity contribution in [2.75, 3.05) is 32.7 Å². The molecule has 2 aromatic rings. The summed E-state index contributed by atoms with van der Waals surface area (Å²) in [7, 11) is -8.52. The summed E-state index contributed by atoms with van der Waals surface area (Å²) >= 11 is 0. The first-order chi connectivity index (χ1) is 23.0. The van der Waals surface area contributed by atoms with Crippen LogP contribution in [0.25, 0.3) is 0 Å². The number of aliphatic hydroxyl groups excluding tert-OH is 1. The zero-order valence-corrected chi connectivity index (χ0v) is 29.0. The van der Waals surface area contributed by atoms with E-state index in [-0.39, 0.29) is 54.3 Å². The Morgan fingerprint density at radius 2 is 1.73 bits per heavy atom. The van der Waals surface area contributed by atoms with Gasteiger partial charge in [0.2, 0.25) is 10.0 Å². The van der Waals surface area contributed by atoms with Crippen molar-refractivity contribution in [1.82, 2.24) is 9.62 Å². The number of benzene rings is 2. The molecule has 1 unspecified atom stereocenters. The molecule has 2 saturated heterocycles. The van der Waals surface area contributed by atoms with Crippen molar-refractivity contribution in [3.05, 3.63) is 54.1 Å². The van der Waals surface area contributed by atoms with Gasteiger partial charge in [0.1, 0.15) is 17.6 Å². The molecule has 0 aliphatic carbocycles. The lowest BCUT2D eigenvalue weighted by Gasteiger charge is -2.31. The second-order valence-corrected chi connectivity index (χ2v) is 16.0. The van der Waals surface area contributed by atoms with Crippen LogP contribution in [-0.2, 0) is 44.5 Å². The average molecular weight is 731 g/mol. The summed E-state index contributed by atoms with van der Waals surface area (Å²) in [6.07, 6.45) is -4.96. The molecule has 2 heterocycles. The van der Waals surface area contributed by atoms with Gasteiger partial charge in [0, 0.05) is 13.1 Å². The second kappa shape index (κ2) is 16.6. The number of aliphatic carboxylic acids is 1. The molecular formula is C31H43N2O14PS. The maximum Gasteiger partial charge on any atom is 0.407 e. The van der Waals surface area contributed by atoms with Gasteiger partial charge < -0.3 is 44.5 Å². The number of rotatable bonds is 17. The van der Waals surface area contributed by atoms with Gasteiger partial charge in [0.05, 0.1) is 36.2 Å². The molecule has 49 heavy (non-hydrogen) atoms. The molecule has 0 aromatic heterocycles. The molecular weight excluding hydrogens is 687 g/mol. The van der Waals surface area contributed by atoms with Gasteiger partial charge in [0.25, 0.3) is 0 Å². The number of amides is 1. The number of carbonyl (C=O) groups is 2. The monoisotopic (exact) mass is 730 g/mol. The van der Waals surface area contributed by atoms with E-state index in [0.29, 0.717) is 18.6 Å². The summed E-state index contributed by atoms with van der Waals surface area (Å²) in [4.78, 5) is 33.9. The number of aliphatic hydroxyl groups is 1. The summed E-state index contributed by atoms with van der Waals surface area (Å²) in [5, 5.41) is 32.8. The molecule has 4 rings (SSSR count). The zero-order valence-electron chi connectivity index (χ0n) is 27.3. The fourth-order valence-corrected chi connectivity index (χ4v) is 7.97. The van der Waals surface area contributed by atoms with E-state index in [4.69, 9.17) is 24.1 Å². The predicted octanol–water partition coefficient (Wildman–Crippen LogP) is 2.51. The number of carboxylic acid groups (broad SMARTS) is 1. The van der Waals surface area contributed by atoms with Crippen LogP contribution in [0.2, 0.25) is 0 Å². The number of hydrogen-bond donors (Lipinski definition) is 5. The van der Waals surface area contributed by atoms with Crippen molar-refractivity contribution in [3.8, 4) is 11.5 Å². The van der Waals surface area contributed by atoms with Crippen molar-refractivity contribution in [3.63, 3.8) is 0 Å². The van der Waals surface area contributed by atoms with Gasteiger partial charge in [-0.3, -0.25) is 9.09 Å². The molecule has 2 aliphatic heterocycles. The number of alkyl carbamates (subject to hydrolysis) is 1. The molecule has 18 heteroatoms. The number of ether oxygens (including phenoxy) is 4. The number of aromatic hydroxyl groups is 1. The third-order valence-corrected chi connectivity index (χ3v) is 10.8. The molecule has 5 N–H and O–H groups in total. The Labute approximate surface area is 284 Å². The summed E-state index contributed by atoms with van der Waals surface area (Å²) < 4.78 is 67.3. The number of nitrogens with one attached hydrogen (secondary N) is 1. The molecule has 2 aromatic carbocycles. The number of hydrogen-bond acceptors (Lipinski definition) is 12. The Morgan fingerprint density at radius 1 is 1.06 bits per heavy atom. The van der Waals surface area contributed by atoms with Crippen molar-refractivity contribution in [1.29, 1.82) is 0 Å². The number of carboxylic acids is 1. The maximum absolute atomic E-state index is 13.6. The Bertz CT molecular complexity index is 1570. The van der Waals surface area contributed by atoms with Crippen molar-refractivity contribution in [2.45, 2.75) is 69.2 Å². The van der Waals surface area contributed by atoms with E-state index in [9.17, 15) is 37.7 Å². The molecule has 0 radical (unpaired) electrons. The highest BCUT2D eigenvalue weighted by atomic mass is 32.2. The minimum atomic E-state index is -4.39. The van der Waals surface area contributed by atoms with Gasteiger partial charge in [-0.1, -0.05) is 26.0 Å². The van der Waals surface area contributed by atoms with Crippen LogP contribution in [0.3, 0.4) is 0 Å². The molecule has 0 spiro atoms. The van der Waals surface area contributed by atoms with Crippen LogP contribution in [0.15, 0.2) is 53.4 Å². The number of nitrogens with zero attached hydrogens (tertiary/aromatic N) is 1. The standard InChI is InChI=1S/C31H43N2O14PS/c1-19(2)15-33(49(41,42)24-10-6-22(34)7-11-24)16-27(35)26(32-31(38)46-28-17-44-30-25(28)12-13-43-30)14-21-4-8-23(9-5-21)45-18-48(39,40)47-20(3)29(36)37/h4-11,19-20,25-28,30,34-35H,12-18H2,1-3H3,(H,32,38)(H,36,37)(H,39,40)/t20-,25-,26-,27+,28-,30+/m0/s1. The summed E-state index contributed by atoms with van der Waals surface area (Å²) in [6, 6.07) is 10.1. The fraction of sp³-hybridized carbons (Fsp3) is 0.548. The SMILES string of the molecule is CC(C)CN(C[C@@H](O)[C@H](Cc1ccc(OCP(=O)(O)O[C@@H](C)C(=O)O)cc1)NC(=O)O[C@H]1CO[C@H]2OCC[C@H]21)S(=O)(=O)c1ccc(O)cc1. The lowest BCUT2D eigenvalue weighted by molar-refractivity contribution is -0.144. The van der Waals surface area contributed by atoms with E-state index >= 15 is 0 Å². The number of carbonyl (C=O) groups excluding carboxylic acids is 1. The maximum atomic E-state index is 13.6. The molecule has 2 fully saturated rings. The van der Waals surface area contributed by atoms with Crippen LogP contribution < -0.4 is 10.1 Å². The molecule has 16 nitrogen and oxygen atoms in total. The first-order valence-electron chi connectivity index (χ1n) is 15.7. The molecule has 0 bridgehead atoms. The zero-order chi connectivity index (χ0) is 35.9. The lowest BCUT2D eigenvalue weighted by Crippen LogP contribution is -2.51. The van der Waals surface area contributed by atoms with Crippen LogP contribution in [0, 0.1) is 11.8 Å². The molecule has 272 valence electrons. The van der Waals surface area contributed by atoms with Crippen molar-refractivity contribution < 1.29 is 66.3 Å². The van der Waals surface area contributed by atoms with Crippen LogP contribution in [0.1, 0.15) is 32.8 Å². The van der Waals surface area contributed by atoms with Crippen molar-refractivity contribution in [2.24, 2.45) is 11.8 Å². The Morgan fingerprint density at radius 3 is 2.37 bits per heavy atom. The van der Waals surface area contributed by atoms with Crippen LogP contribution in [0.5, 0.6) is 11.5 Å². The molecule has 0 saturated carbocycles. The smallest absolute Gasteiger partial charge is 0.407 e. The minimum absolute atomic E-state index is 0.0133. The predicted molar refractivity (Wildman–Crippen MR) is 172 cm³/mol. The van der Waals surface area contributed by atoms with Gasteiger partial charge in [-0.2, -0.15) is 4.31 Å². The van der Waals surface area contributed by atoms with Crippen LogP contribution in [0.4, 0.5) is 4.79 Å². The Balaban J connectivity index is 1.50. The van der Waals surface area contributed by atoms with Gasteiger partial charge in [-0.15, -0.1) is 0 Å². The number of sulfonamides is 1. The Hall–Kier alpha value is -3.28. The van der Waals surface area contributed by atoms with E-state index in [1.165, 1.54) is 36.4 Å².